The smallest absolute Gasteiger partial charge is 0.238 e. The lowest BCUT2D eigenvalue weighted by atomic mass is 9.97. The van der Waals surface area contributed by atoms with E-state index in [1.807, 2.05) is 12.1 Å². The average Bonchev–Trinajstić information content (AvgIpc) is 3.85. The monoisotopic (exact) mass is 740 g/mol. The largest absolute Gasteiger partial charge is 0.455 e. The molecule has 0 aliphatic heterocycles. The van der Waals surface area contributed by atoms with Gasteiger partial charge < -0.3 is 4.42 Å². The maximum atomic E-state index is 6.60. The van der Waals surface area contributed by atoms with Gasteiger partial charge in [-0.25, -0.2) is 4.98 Å². The number of nitrogens with zero attached hydrogens (tertiary/aromatic N) is 4. The maximum Gasteiger partial charge on any atom is 0.238 e. The van der Waals surface area contributed by atoms with Gasteiger partial charge in [-0.2, -0.15) is 9.97 Å². The summed E-state index contributed by atoms with van der Waals surface area (Å²) >= 11 is 0. The van der Waals surface area contributed by atoms with E-state index in [2.05, 4.69) is 187 Å². The van der Waals surface area contributed by atoms with Crippen LogP contribution < -0.4 is 0 Å². The first kappa shape index (κ1) is 32.4. The van der Waals surface area contributed by atoms with Crippen molar-refractivity contribution in [2.75, 3.05) is 0 Å². The lowest BCUT2D eigenvalue weighted by molar-refractivity contribution is 0.672. The van der Waals surface area contributed by atoms with Gasteiger partial charge in [-0.15, -0.1) is 0 Å². The van der Waals surface area contributed by atoms with Crippen molar-refractivity contribution in [3.8, 4) is 51.0 Å². The molecule has 0 atom stereocenters. The van der Waals surface area contributed by atoms with Crippen LogP contribution in [0.25, 0.3) is 116 Å². The van der Waals surface area contributed by atoms with Crippen molar-refractivity contribution in [2.24, 2.45) is 0 Å². The molecule has 3 aromatic heterocycles. The molecule has 0 aliphatic rings. The third-order valence-electron chi connectivity index (χ3n) is 11.5. The third kappa shape index (κ3) is 5.14. The number of hydrogen-bond acceptors (Lipinski definition) is 4. The molecule has 12 rings (SSSR count). The van der Waals surface area contributed by atoms with Crippen molar-refractivity contribution in [1.82, 2.24) is 19.5 Å². The fourth-order valence-corrected chi connectivity index (χ4v) is 8.65. The van der Waals surface area contributed by atoms with Crippen molar-refractivity contribution in [1.29, 1.82) is 0 Å². The SMILES string of the molecule is c1cc(-c2ccc(-c3ccc4ccccc4c3)cc2)cc(-c2nc(-c3cccc4oc5c6ccccc6ccc5c34)nc(-n3c4ccccc4c4ccccc43)n2)c1. The molecular formula is C53H32N4O. The zero-order valence-corrected chi connectivity index (χ0v) is 31.2. The summed E-state index contributed by atoms with van der Waals surface area (Å²) in [6.07, 6.45) is 0. The van der Waals surface area contributed by atoms with Crippen LogP contribution in [-0.2, 0) is 0 Å². The standard InChI is InChI=1S/C53H32N4O/c1-2-13-37-31-39(28-27-33(37)11-1)35-25-23-34(24-26-35)38-14-9-15-40(32-38)51-54-52(56-53(55-51)57-46-20-7-5-17-42(46)43-18-6-8-21-47(43)57)45-19-10-22-48-49(45)44-30-29-36-12-3-4-16-41(36)50(44)58-48/h1-32H. The Morgan fingerprint density at radius 1 is 0.362 bits per heavy atom. The van der Waals surface area contributed by atoms with Gasteiger partial charge in [0.25, 0.3) is 0 Å². The first-order chi connectivity index (χ1) is 28.7. The topological polar surface area (TPSA) is 56.7 Å². The van der Waals surface area contributed by atoms with E-state index < -0.39 is 0 Å². The van der Waals surface area contributed by atoms with Gasteiger partial charge in [0.1, 0.15) is 11.2 Å². The summed E-state index contributed by atoms with van der Waals surface area (Å²) in [5.41, 5.74) is 10.1. The van der Waals surface area contributed by atoms with Crippen LogP contribution in [0.5, 0.6) is 0 Å². The molecule has 5 heteroatoms. The highest BCUT2D eigenvalue weighted by Gasteiger charge is 2.21. The van der Waals surface area contributed by atoms with Crippen LogP contribution >= 0.6 is 0 Å². The molecule has 0 aliphatic carbocycles. The lowest BCUT2D eigenvalue weighted by Crippen LogP contribution is -2.06. The van der Waals surface area contributed by atoms with Crippen LogP contribution in [0.15, 0.2) is 199 Å². The predicted octanol–water partition coefficient (Wildman–Crippen LogP) is 13.8. The summed E-state index contributed by atoms with van der Waals surface area (Å²) in [6, 6.07) is 68.1. The Balaban J connectivity index is 1.04. The number of hydrogen-bond donors (Lipinski definition) is 0. The quantitative estimate of drug-likeness (QED) is 0.176. The highest BCUT2D eigenvalue weighted by Crippen LogP contribution is 2.40. The predicted molar refractivity (Wildman–Crippen MR) is 238 cm³/mol. The second-order valence-corrected chi connectivity index (χ2v) is 14.8. The summed E-state index contributed by atoms with van der Waals surface area (Å²) in [6.45, 7) is 0. The molecule has 0 saturated heterocycles. The Morgan fingerprint density at radius 3 is 1.72 bits per heavy atom. The molecule has 0 bridgehead atoms. The minimum absolute atomic E-state index is 0.554. The van der Waals surface area contributed by atoms with Gasteiger partial charge in [-0.05, 0) is 74.8 Å². The third-order valence-corrected chi connectivity index (χ3v) is 11.5. The Morgan fingerprint density at radius 2 is 0.948 bits per heavy atom. The Bertz CT molecular complexity index is 3530. The van der Waals surface area contributed by atoms with E-state index >= 15 is 0 Å². The highest BCUT2D eigenvalue weighted by atomic mass is 16.3. The van der Waals surface area contributed by atoms with Crippen molar-refractivity contribution in [3.63, 3.8) is 0 Å². The molecule has 0 unspecified atom stereocenters. The molecular weight excluding hydrogens is 709 g/mol. The van der Waals surface area contributed by atoms with Crippen LogP contribution in [0.3, 0.4) is 0 Å². The molecule has 0 saturated carbocycles. The number of fused-ring (bicyclic) bond motifs is 9. The van der Waals surface area contributed by atoms with Crippen molar-refractivity contribution >= 4 is 65.3 Å². The normalized spacial score (nSPS) is 11.8. The number of para-hydroxylation sites is 2. The molecule has 0 spiro atoms. The molecule has 12 aromatic rings. The fraction of sp³-hybridized carbons (Fsp3) is 0. The summed E-state index contributed by atoms with van der Waals surface area (Å²) in [5.74, 6) is 1.72. The Hall–Kier alpha value is -7.89. The van der Waals surface area contributed by atoms with E-state index in [-0.39, 0.29) is 0 Å². The van der Waals surface area contributed by atoms with E-state index in [1.54, 1.807) is 0 Å². The fourth-order valence-electron chi connectivity index (χ4n) is 8.65. The second kappa shape index (κ2) is 12.8. The van der Waals surface area contributed by atoms with Crippen molar-refractivity contribution in [2.45, 2.75) is 0 Å². The van der Waals surface area contributed by atoms with Gasteiger partial charge in [0, 0.05) is 38.1 Å². The van der Waals surface area contributed by atoms with E-state index in [0.29, 0.717) is 17.6 Å². The number of aromatic nitrogens is 4. The Labute approximate surface area is 333 Å². The van der Waals surface area contributed by atoms with Crippen LogP contribution in [0, 0.1) is 0 Å². The van der Waals surface area contributed by atoms with Crippen LogP contribution in [0.4, 0.5) is 0 Å². The summed E-state index contributed by atoms with van der Waals surface area (Å²) < 4.78 is 8.77. The molecule has 5 nitrogen and oxygen atoms in total. The number of furan rings is 1. The number of rotatable bonds is 5. The van der Waals surface area contributed by atoms with E-state index in [1.165, 1.54) is 21.9 Å². The molecule has 0 radical (unpaired) electrons. The van der Waals surface area contributed by atoms with Gasteiger partial charge in [-0.3, -0.25) is 4.57 Å². The minimum atomic E-state index is 0.554. The molecule has 3 heterocycles. The highest BCUT2D eigenvalue weighted by molar-refractivity contribution is 6.18. The molecule has 0 N–H and O–H groups in total. The zero-order valence-electron chi connectivity index (χ0n) is 31.2. The minimum Gasteiger partial charge on any atom is -0.455 e. The van der Waals surface area contributed by atoms with Gasteiger partial charge in [-0.1, -0.05) is 158 Å². The zero-order chi connectivity index (χ0) is 38.2. The van der Waals surface area contributed by atoms with Crippen molar-refractivity contribution in [3.05, 3.63) is 194 Å². The van der Waals surface area contributed by atoms with Gasteiger partial charge in [0.05, 0.1) is 11.0 Å². The summed E-state index contributed by atoms with van der Waals surface area (Å²) in [5, 5.41) is 8.98. The maximum absolute atomic E-state index is 6.60. The molecule has 0 fully saturated rings. The second-order valence-electron chi connectivity index (χ2n) is 14.8. The van der Waals surface area contributed by atoms with E-state index in [9.17, 15) is 0 Å². The van der Waals surface area contributed by atoms with Crippen LogP contribution in [-0.4, -0.2) is 19.5 Å². The average molecular weight is 741 g/mol. The molecule has 58 heavy (non-hydrogen) atoms. The van der Waals surface area contributed by atoms with Crippen LogP contribution in [0.2, 0.25) is 0 Å². The number of benzene rings is 9. The summed E-state index contributed by atoms with van der Waals surface area (Å²) in [4.78, 5) is 15.9. The van der Waals surface area contributed by atoms with Gasteiger partial charge in [0.15, 0.2) is 11.6 Å². The van der Waals surface area contributed by atoms with Gasteiger partial charge in [0.2, 0.25) is 5.95 Å². The van der Waals surface area contributed by atoms with Gasteiger partial charge >= 0.3 is 0 Å². The Kier molecular flexibility index (Phi) is 7.16. The van der Waals surface area contributed by atoms with E-state index in [4.69, 9.17) is 19.4 Å². The van der Waals surface area contributed by atoms with E-state index in [0.717, 1.165) is 76.8 Å². The summed E-state index contributed by atoms with van der Waals surface area (Å²) in [7, 11) is 0. The molecule has 9 aromatic carbocycles. The first-order valence-corrected chi connectivity index (χ1v) is 19.5. The van der Waals surface area contributed by atoms with Crippen LogP contribution in [0.1, 0.15) is 0 Å². The first-order valence-electron chi connectivity index (χ1n) is 19.5. The lowest BCUT2D eigenvalue weighted by Gasteiger charge is -2.12. The van der Waals surface area contributed by atoms with Crippen molar-refractivity contribution < 1.29 is 4.42 Å². The molecule has 270 valence electrons. The molecule has 0 amide bonds.